The zero-order valence-corrected chi connectivity index (χ0v) is 11.1. The lowest BCUT2D eigenvalue weighted by Gasteiger charge is -2.09. The van der Waals surface area contributed by atoms with E-state index in [1.807, 2.05) is 6.92 Å². The molecule has 0 saturated heterocycles. The first kappa shape index (κ1) is 15.4. The monoisotopic (exact) mass is 303 g/mol. The van der Waals surface area contributed by atoms with E-state index in [0.717, 1.165) is 18.6 Å². The van der Waals surface area contributed by atoms with E-state index in [4.69, 9.17) is 10.3 Å². The van der Waals surface area contributed by atoms with Crippen molar-refractivity contribution in [1.82, 2.24) is 10.1 Å². The van der Waals surface area contributed by atoms with Gasteiger partial charge < -0.3 is 10.3 Å². The van der Waals surface area contributed by atoms with E-state index in [-0.39, 0.29) is 11.7 Å². The van der Waals surface area contributed by atoms with Crippen molar-refractivity contribution in [2.24, 2.45) is 5.73 Å². The number of hydrogen-bond donors (Lipinski definition) is 1. The van der Waals surface area contributed by atoms with E-state index in [0.29, 0.717) is 12.5 Å². The van der Waals surface area contributed by atoms with Crippen LogP contribution in [0.15, 0.2) is 22.7 Å². The number of halogens is 4. The Balaban J connectivity index is 2.39. The van der Waals surface area contributed by atoms with Gasteiger partial charge in [-0.3, -0.25) is 0 Å². The molecule has 0 saturated carbocycles. The summed E-state index contributed by atoms with van der Waals surface area (Å²) in [6.45, 7) is 1.91. The molecule has 1 atom stereocenters. The number of alkyl halides is 3. The smallest absolute Gasteiger partial charge is 0.334 e. The summed E-state index contributed by atoms with van der Waals surface area (Å²) in [6.07, 6.45) is -3.42. The second-order valence-electron chi connectivity index (χ2n) is 4.52. The molecule has 21 heavy (non-hydrogen) atoms. The van der Waals surface area contributed by atoms with Crippen LogP contribution >= 0.6 is 0 Å². The average Bonchev–Trinajstić information content (AvgIpc) is 2.87. The van der Waals surface area contributed by atoms with Gasteiger partial charge in [-0.05, 0) is 18.6 Å². The third-order valence-corrected chi connectivity index (χ3v) is 2.91. The predicted molar refractivity (Wildman–Crippen MR) is 66.5 cm³/mol. The van der Waals surface area contributed by atoms with E-state index in [2.05, 4.69) is 10.1 Å². The van der Waals surface area contributed by atoms with Crippen LogP contribution in [-0.4, -0.2) is 10.1 Å². The minimum Gasteiger partial charge on any atom is -0.334 e. The Labute approximate surface area is 118 Å². The van der Waals surface area contributed by atoms with Crippen LogP contribution in [-0.2, 0) is 6.18 Å². The van der Waals surface area contributed by atoms with Crippen molar-refractivity contribution in [2.75, 3.05) is 0 Å². The molecule has 0 aliphatic rings. The van der Waals surface area contributed by atoms with E-state index in [1.165, 1.54) is 0 Å². The summed E-state index contributed by atoms with van der Waals surface area (Å²) in [6, 6.07) is 2.38. The summed E-state index contributed by atoms with van der Waals surface area (Å²) in [7, 11) is 0. The molecule has 2 N–H and O–H groups in total. The Hall–Kier alpha value is -1.96. The minimum atomic E-state index is -4.79. The lowest BCUT2D eigenvalue weighted by atomic mass is 10.1. The van der Waals surface area contributed by atoms with Gasteiger partial charge in [0.1, 0.15) is 5.82 Å². The normalized spacial score (nSPS) is 13.4. The maximum Gasteiger partial charge on any atom is 0.419 e. The van der Waals surface area contributed by atoms with Gasteiger partial charge in [-0.15, -0.1) is 0 Å². The second kappa shape index (κ2) is 5.80. The van der Waals surface area contributed by atoms with Gasteiger partial charge in [-0.25, -0.2) is 4.39 Å². The van der Waals surface area contributed by atoms with Gasteiger partial charge in [0.2, 0.25) is 0 Å². The number of aromatic nitrogens is 2. The van der Waals surface area contributed by atoms with Gasteiger partial charge in [0, 0.05) is 0 Å². The molecule has 0 amide bonds. The Morgan fingerprint density at radius 2 is 2.05 bits per heavy atom. The highest BCUT2D eigenvalue weighted by Crippen LogP contribution is 2.35. The van der Waals surface area contributed by atoms with Crippen LogP contribution in [0.4, 0.5) is 17.6 Å². The standard InChI is InChI=1S/C13H13F4N3O/c1-2-4-9(18)11-19-12(21-20-11)7-5-3-6-8(10(7)14)13(15,16)17/h3,5-6,9H,2,4,18H2,1H3. The van der Waals surface area contributed by atoms with E-state index in [1.54, 1.807) is 0 Å². The molecule has 2 aromatic rings. The Kier molecular flexibility index (Phi) is 4.26. The molecule has 0 spiro atoms. The summed E-state index contributed by atoms with van der Waals surface area (Å²) in [5, 5.41) is 3.59. The molecule has 1 unspecified atom stereocenters. The van der Waals surface area contributed by atoms with Gasteiger partial charge >= 0.3 is 6.18 Å². The number of nitrogens with zero attached hydrogens (tertiary/aromatic N) is 2. The highest BCUT2D eigenvalue weighted by Gasteiger charge is 2.35. The lowest BCUT2D eigenvalue weighted by Crippen LogP contribution is -2.11. The van der Waals surface area contributed by atoms with Crippen molar-refractivity contribution in [2.45, 2.75) is 32.0 Å². The summed E-state index contributed by atoms with van der Waals surface area (Å²) in [5.74, 6) is -1.62. The number of hydrogen-bond acceptors (Lipinski definition) is 4. The Morgan fingerprint density at radius 1 is 1.33 bits per heavy atom. The number of nitrogens with two attached hydrogens (primary N) is 1. The molecule has 0 fully saturated rings. The third-order valence-electron chi connectivity index (χ3n) is 2.91. The van der Waals surface area contributed by atoms with Gasteiger partial charge in [-0.1, -0.05) is 24.6 Å². The highest BCUT2D eigenvalue weighted by atomic mass is 19.4. The largest absolute Gasteiger partial charge is 0.419 e. The molecule has 1 aromatic carbocycles. The molecule has 0 aliphatic carbocycles. The first-order chi connectivity index (χ1) is 9.84. The molecule has 0 bridgehead atoms. The first-order valence-electron chi connectivity index (χ1n) is 6.29. The average molecular weight is 303 g/mol. The quantitative estimate of drug-likeness (QED) is 0.875. The summed E-state index contributed by atoms with van der Waals surface area (Å²) in [5.41, 5.74) is 4.00. The molecule has 1 aromatic heterocycles. The van der Waals surface area contributed by atoms with Crippen LogP contribution in [0.3, 0.4) is 0 Å². The van der Waals surface area contributed by atoms with Crippen LogP contribution in [0.5, 0.6) is 0 Å². The first-order valence-corrected chi connectivity index (χ1v) is 6.29. The molecule has 114 valence electrons. The maximum atomic E-state index is 13.9. The van der Waals surface area contributed by atoms with Gasteiger partial charge in [-0.2, -0.15) is 18.2 Å². The van der Waals surface area contributed by atoms with Crippen LogP contribution in [0.25, 0.3) is 11.5 Å². The fraction of sp³-hybridized carbons (Fsp3) is 0.385. The fourth-order valence-electron chi connectivity index (χ4n) is 1.85. The minimum absolute atomic E-state index is 0.142. The molecular formula is C13H13F4N3O. The van der Waals surface area contributed by atoms with Crippen molar-refractivity contribution in [3.05, 3.63) is 35.4 Å². The fourth-order valence-corrected chi connectivity index (χ4v) is 1.85. The topological polar surface area (TPSA) is 64.9 Å². The van der Waals surface area contributed by atoms with E-state index < -0.39 is 29.2 Å². The zero-order chi connectivity index (χ0) is 15.6. The Morgan fingerprint density at radius 3 is 2.67 bits per heavy atom. The summed E-state index contributed by atoms with van der Waals surface area (Å²) in [4.78, 5) is 3.87. The molecule has 2 rings (SSSR count). The summed E-state index contributed by atoms with van der Waals surface area (Å²) < 4.78 is 56.7. The number of rotatable bonds is 4. The number of benzene rings is 1. The van der Waals surface area contributed by atoms with Crippen molar-refractivity contribution < 1.29 is 22.1 Å². The van der Waals surface area contributed by atoms with E-state index >= 15 is 0 Å². The molecule has 1 heterocycles. The molecule has 0 radical (unpaired) electrons. The SMILES string of the molecule is CCCC(N)c1noc(-c2cccc(C(F)(F)F)c2F)n1. The third kappa shape index (κ3) is 3.21. The molecule has 4 nitrogen and oxygen atoms in total. The molecular weight excluding hydrogens is 290 g/mol. The van der Waals surface area contributed by atoms with Crippen molar-refractivity contribution >= 4 is 0 Å². The van der Waals surface area contributed by atoms with Crippen molar-refractivity contribution in [1.29, 1.82) is 0 Å². The second-order valence-corrected chi connectivity index (χ2v) is 4.52. The van der Waals surface area contributed by atoms with E-state index in [9.17, 15) is 17.6 Å². The van der Waals surface area contributed by atoms with Crippen LogP contribution in [0.2, 0.25) is 0 Å². The van der Waals surface area contributed by atoms with Crippen molar-refractivity contribution in [3.63, 3.8) is 0 Å². The molecule has 8 heteroatoms. The highest BCUT2D eigenvalue weighted by molar-refractivity contribution is 5.56. The zero-order valence-electron chi connectivity index (χ0n) is 11.1. The molecule has 0 aliphatic heterocycles. The lowest BCUT2D eigenvalue weighted by molar-refractivity contribution is -0.139. The maximum absolute atomic E-state index is 13.9. The van der Waals surface area contributed by atoms with Crippen LogP contribution in [0, 0.1) is 5.82 Å². The predicted octanol–water partition coefficient (Wildman–Crippen LogP) is 3.69. The van der Waals surface area contributed by atoms with Crippen LogP contribution < -0.4 is 5.73 Å². The van der Waals surface area contributed by atoms with Gasteiger partial charge in [0.05, 0.1) is 17.2 Å². The summed E-state index contributed by atoms with van der Waals surface area (Å²) >= 11 is 0. The van der Waals surface area contributed by atoms with Gasteiger partial charge in [0.15, 0.2) is 5.82 Å². The van der Waals surface area contributed by atoms with Crippen molar-refractivity contribution in [3.8, 4) is 11.5 Å². The Bertz CT molecular complexity index is 624. The van der Waals surface area contributed by atoms with Crippen LogP contribution in [0.1, 0.15) is 37.2 Å². The van der Waals surface area contributed by atoms with Gasteiger partial charge in [0.25, 0.3) is 5.89 Å².